The molecule has 0 radical (unpaired) electrons. The molecule has 0 atom stereocenters. The van der Waals surface area contributed by atoms with Crippen molar-refractivity contribution in [2.24, 2.45) is 5.92 Å². The third kappa shape index (κ3) is 4.22. The number of fused-ring (bicyclic) bond motifs is 1. The number of aryl methyl sites for hydroxylation is 1. The number of amides is 1. The summed E-state index contributed by atoms with van der Waals surface area (Å²) in [5, 5.41) is 1.04. The van der Waals surface area contributed by atoms with E-state index in [1.165, 1.54) is 10.5 Å². The van der Waals surface area contributed by atoms with E-state index >= 15 is 0 Å². The van der Waals surface area contributed by atoms with Crippen molar-refractivity contribution in [1.82, 2.24) is 14.2 Å². The molecule has 0 bridgehead atoms. The number of piperidine rings is 1. The van der Waals surface area contributed by atoms with Gasteiger partial charge in [0, 0.05) is 62.4 Å². The van der Waals surface area contributed by atoms with Gasteiger partial charge in [-0.15, -0.1) is 0 Å². The van der Waals surface area contributed by atoms with Crippen molar-refractivity contribution in [1.29, 1.82) is 0 Å². The van der Waals surface area contributed by atoms with Crippen LogP contribution in [0.15, 0.2) is 58.1 Å². The van der Waals surface area contributed by atoms with E-state index in [0.717, 1.165) is 28.7 Å². The molecule has 7 nitrogen and oxygen atoms in total. The second-order valence-corrected chi connectivity index (χ2v) is 9.85. The molecule has 31 heavy (non-hydrogen) atoms. The first-order chi connectivity index (χ1) is 14.9. The lowest BCUT2D eigenvalue weighted by atomic mass is 9.96. The Morgan fingerprint density at radius 1 is 1.19 bits per heavy atom. The average molecular weight is 442 g/mol. The predicted octanol–water partition coefficient (Wildman–Crippen LogP) is 3.45. The Morgan fingerprint density at radius 3 is 2.61 bits per heavy atom. The van der Waals surface area contributed by atoms with Crippen LogP contribution in [0, 0.1) is 5.92 Å². The van der Waals surface area contributed by atoms with Crippen LogP contribution in [0.2, 0.25) is 0 Å². The maximum Gasteiger partial charge on any atom is 0.244 e. The number of para-hydroxylation sites is 1. The minimum absolute atomic E-state index is 0.0470. The van der Waals surface area contributed by atoms with Crippen molar-refractivity contribution in [2.45, 2.75) is 37.6 Å². The Balaban J connectivity index is 1.42. The maximum absolute atomic E-state index is 13.1. The van der Waals surface area contributed by atoms with Crippen molar-refractivity contribution in [3.63, 3.8) is 0 Å². The number of sulfonamides is 1. The monoisotopic (exact) mass is 441 g/mol. The van der Waals surface area contributed by atoms with Crippen molar-refractivity contribution < 1.29 is 17.6 Å². The molecule has 3 heterocycles. The number of pyridine rings is 1. The molecule has 0 aliphatic carbocycles. The molecule has 4 rings (SSSR count). The number of benzene rings is 1. The number of furan rings is 1. The minimum atomic E-state index is -3.57. The number of carbonyl (C=O) groups is 1. The first-order valence-corrected chi connectivity index (χ1v) is 12.0. The van der Waals surface area contributed by atoms with Gasteiger partial charge in [0.1, 0.15) is 16.2 Å². The summed E-state index contributed by atoms with van der Waals surface area (Å²) in [5.74, 6) is 0.762. The summed E-state index contributed by atoms with van der Waals surface area (Å²) in [4.78, 5) is 18.9. The summed E-state index contributed by atoms with van der Waals surface area (Å²) in [5.41, 5.74) is 1.88. The highest BCUT2D eigenvalue weighted by molar-refractivity contribution is 7.89. The van der Waals surface area contributed by atoms with Gasteiger partial charge in [-0.25, -0.2) is 8.42 Å². The molecule has 1 fully saturated rings. The van der Waals surface area contributed by atoms with Crippen molar-refractivity contribution in [3.05, 3.63) is 60.1 Å². The molecule has 3 aromatic rings. The molecule has 0 N–H and O–H groups in total. The lowest BCUT2D eigenvalue weighted by molar-refractivity contribution is -0.135. The van der Waals surface area contributed by atoms with Crippen molar-refractivity contribution >= 4 is 26.9 Å². The van der Waals surface area contributed by atoms with Gasteiger partial charge in [-0.2, -0.15) is 4.31 Å². The number of nitrogens with zero attached hydrogens (tertiary/aromatic N) is 3. The largest absolute Gasteiger partial charge is 0.461 e. The van der Waals surface area contributed by atoms with E-state index in [9.17, 15) is 13.2 Å². The number of hydrogen-bond donors (Lipinski definition) is 0. The van der Waals surface area contributed by atoms with Gasteiger partial charge in [0.2, 0.25) is 15.9 Å². The summed E-state index contributed by atoms with van der Waals surface area (Å²) in [7, 11) is -1.76. The fourth-order valence-corrected chi connectivity index (χ4v) is 5.66. The summed E-state index contributed by atoms with van der Waals surface area (Å²) >= 11 is 0. The quantitative estimate of drug-likeness (QED) is 0.585. The van der Waals surface area contributed by atoms with Crippen LogP contribution in [-0.4, -0.2) is 48.7 Å². The summed E-state index contributed by atoms with van der Waals surface area (Å²) in [6.45, 7) is 3.18. The predicted molar refractivity (Wildman–Crippen MR) is 118 cm³/mol. The summed E-state index contributed by atoms with van der Waals surface area (Å²) in [6.07, 6.45) is 4.69. The normalized spacial score (nSPS) is 15.9. The molecule has 8 heteroatoms. The van der Waals surface area contributed by atoms with Crippen LogP contribution in [0.3, 0.4) is 0 Å². The zero-order valence-electron chi connectivity index (χ0n) is 17.8. The number of rotatable bonds is 6. The number of hydrogen-bond acceptors (Lipinski definition) is 5. The maximum atomic E-state index is 13.1. The highest BCUT2D eigenvalue weighted by Gasteiger charge is 2.33. The Morgan fingerprint density at radius 2 is 1.94 bits per heavy atom. The second-order valence-electron chi connectivity index (χ2n) is 7.91. The van der Waals surface area contributed by atoms with E-state index in [2.05, 4.69) is 4.98 Å². The fraction of sp³-hybridized carbons (Fsp3) is 0.391. The third-order valence-corrected chi connectivity index (χ3v) is 7.83. The van der Waals surface area contributed by atoms with Crippen molar-refractivity contribution in [3.8, 4) is 0 Å². The molecule has 1 aliphatic rings. The van der Waals surface area contributed by atoms with Gasteiger partial charge in [-0.1, -0.05) is 25.1 Å². The molecule has 1 saturated heterocycles. The minimum Gasteiger partial charge on any atom is -0.461 e. The van der Waals surface area contributed by atoms with E-state index in [1.807, 2.05) is 38.2 Å². The number of aromatic nitrogens is 1. The Hall–Kier alpha value is -2.71. The Labute approximate surface area is 182 Å². The van der Waals surface area contributed by atoms with Crippen LogP contribution >= 0.6 is 0 Å². The van der Waals surface area contributed by atoms with Crippen LogP contribution in [-0.2, 0) is 27.8 Å². The Bertz CT molecular complexity index is 1170. The van der Waals surface area contributed by atoms with Gasteiger partial charge in [0.25, 0.3) is 0 Å². The van der Waals surface area contributed by atoms with Gasteiger partial charge in [0.05, 0.1) is 0 Å². The van der Waals surface area contributed by atoms with Crippen LogP contribution in [0.5, 0.6) is 0 Å². The molecular formula is C23H27N3O4S. The van der Waals surface area contributed by atoms with Gasteiger partial charge in [0.15, 0.2) is 0 Å². The molecule has 1 amide bonds. The topological polar surface area (TPSA) is 83.7 Å². The average Bonchev–Trinajstić information content (AvgIpc) is 3.16. The molecule has 0 saturated carbocycles. The third-order valence-electron chi connectivity index (χ3n) is 5.95. The smallest absolute Gasteiger partial charge is 0.244 e. The lowest BCUT2D eigenvalue weighted by Gasteiger charge is -2.32. The molecule has 0 spiro atoms. The number of carbonyl (C=O) groups excluding carboxylic acids is 1. The molecule has 2 aromatic heterocycles. The van der Waals surface area contributed by atoms with Gasteiger partial charge < -0.3 is 9.32 Å². The zero-order valence-corrected chi connectivity index (χ0v) is 18.6. The fourth-order valence-electron chi connectivity index (χ4n) is 4.23. The van der Waals surface area contributed by atoms with Crippen LogP contribution < -0.4 is 0 Å². The highest BCUT2D eigenvalue weighted by atomic mass is 32.2. The van der Waals surface area contributed by atoms with Crippen LogP contribution in [0.4, 0.5) is 0 Å². The van der Waals surface area contributed by atoms with E-state index in [0.29, 0.717) is 32.5 Å². The van der Waals surface area contributed by atoms with Crippen molar-refractivity contribution in [2.75, 3.05) is 20.1 Å². The molecular weight excluding hydrogens is 414 g/mol. The van der Waals surface area contributed by atoms with Crippen LogP contribution in [0.25, 0.3) is 11.0 Å². The molecule has 164 valence electrons. The first kappa shape index (κ1) is 21.5. The van der Waals surface area contributed by atoms with Crippen LogP contribution in [0.1, 0.15) is 31.1 Å². The summed E-state index contributed by atoms with van der Waals surface area (Å²) in [6, 6.07) is 11.0. The second kappa shape index (κ2) is 8.80. The van der Waals surface area contributed by atoms with E-state index in [1.54, 1.807) is 23.2 Å². The van der Waals surface area contributed by atoms with Gasteiger partial charge in [-0.05, 0) is 31.0 Å². The summed E-state index contributed by atoms with van der Waals surface area (Å²) < 4.78 is 33.0. The van der Waals surface area contributed by atoms with E-state index < -0.39 is 10.0 Å². The SMILES string of the molecule is CCc1oc2ccccc2c1CN(C)C(=O)C1CCN(S(=O)(=O)c2cccnc2)CC1. The standard InChI is InChI=1S/C23H27N3O4S/c1-3-21-20(19-8-4-5-9-22(19)30-21)16-25(2)23(27)17-10-13-26(14-11-17)31(28,29)18-7-6-12-24-15-18/h4-9,12,15,17H,3,10-11,13-14,16H2,1-2H3. The first-order valence-electron chi connectivity index (χ1n) is 10.6. The zero-order chi connectivity index (χ0) is 22.0. The van der Waals surface area contributed by atoms with E-state index in [4.69, 9.17) is 4.42 Å². The Kier molecular flexibility index (Phi) is 6.11. The molecule has 0 unspecified atom stereocenters. The lowest BCUT2D eigenvalue weighted by Crippen LogP contribution is -2.43. The van der Waals surface area contributed by atoms with Gasteiger partial charge in [-0.3, -0.25) is 9.78 Å². The van der Waals surface area contributed by atoms with Gasteiger partial charge >= 0.3 is 0 Å². The van der Waals surface area contributed by atoms with E-state index in [-0.39, 0.29) is 16.7 Å². The molecule has 1 aromatic carbocycles. The highest BCUT2D eigenvalue weighted by Crippen LogP contribution is 2.29. The molecule has 1 aliphatic heterocycles.